The van der Waals surface area contributed by atoms with E-state index in [1.165, 1.54) is 5.69 Å². The SMILES string of the molecule is CN(C)c1ccc(NN(C)c2ccccc2Cl)cc1. The molecule has 100 valence electrons. The van der Waals surface area contributed by atoms with E-state index in [-0.39, 0.29) is 0 Å². The van der Waals surface area contributed by atoms with E-state index in [1.54, 1.807) is 0 Å². The molecule has 0 heterocycles. The highest BCUT2D eigenvalue weighted by atomic mass is 35.5. The maximum atomic E-state index is 6.16. The van der Waals surface area contributed by atoms with Crippen LogP contribution >= 0.6 is 11.6 Å². The average molecular weight is 276 g/mol. The Bertz CT molecular complexity index is 537. The second-order valence-corrected chi connectivity index (χ2v) is 4.97. The van der Waals surface area contributed by atoms with Gasteiger partial charge in [-0.15, -0.1) is 0 Å². The van der Waals surface area contributed by atoms with Crippen LogP contribution in [-0.4, -0.2) is 21.1 Å². The topological polar surface area (TPSA) is 18.5 Å². The number of anilines is 3. The summed E-state index contributed by atoms with van der Waals surface area (Å²) in [5, 5.41) is 2.63. The molecule has 2 aromatic carbocycles. The Balaban J connectivity index is 2.11. The first kappa shape index (κ1) is 13.6. The van der Waals surface area contributed by atoms with Gasteiger partial charge in [0.05, 0.1) is 16.4 Å². The van der Waals surface area contributed by atoms with E-state index in [4.69, 9.17) is 11.6 Å². The Hall–Kier alpha value is -1.87. The van der Waals surface area contributed by atoms with Crippen molar-refractivity contribution in [1.82, 2.24) is 0 Å². The van der Waals surface area contributed by atoms with Crippen LogP contribution in [0.3, 0.4) is 0 Å². The van der Waals surface area contributed by atoms with E-state index in [1.807, 2.05) is 62.6 Å². The Kier molecular flexibility index (Phi) is 4.17. The smallest absolute Gasteiger partial charge is 0.0754 e. The molecule has 0 spiro atoms. The number of nitrogens with zero attached hydrogens (tertiary/aromatic N) is 2. The fourth-order valence-electron chi connectivity index (χ4n) is 1.81. The van der Waals surface area contributed by atoms with E-state index in [0.717, 1.165) is 16.4 Å². The molecule has 0 fully saturated rings. The molecule has 0 aliphatic heterocycles. The molecule has 0 aromatic heterocycles. The minimum absolute atomic E-state index is 0.724. The van der Waals surface area contributed by atoms with Gasteiger partial charge >= 0.3 is 0 Å². The largest absolute Gasteiger partial charge is 0.378 e. The van der Waals surface area contributed by atoms with E-state index < -0.39 is 0 Å². The summed E-state index contributed by atoms with van der Waals surface area (Å²) in [5.41, 5.74) is 6.43. The first-order valence-electron chi connectivity index (χ1n) is 6.10. The number of benzene rings is 2. The summed E-state index contributed by atoms with van der Waals surface area (Å²) in [5.74, 6) is 0. The third-order valence-electron chi connectivity index (χ3n) is 2.89. The van der Waals surface area contributed by atoms with Crippen LogP contribution in [0.1, 0.15) is 0 Å². The molecule has 0 radical (unpaired) electrons. The number of rotatable bonds is 4. The van der Waals surface area contributed by atoms with Crippen LogP contribution in [0.4, 0.5) is 17.1 Å². The number of hydrazine groups is 1. The third-order valence-corrected chi connectivity index (χ3v) is 3.21. The van der Waals surface area contributed by atoms with Crippen molar-refractivity contribution in [3.05, 3.63) is 53.6 Å². The Morgan fingerprint density at radius 3 is 2.11 bits per heavy atom. The normalized spacial score (nSPS) is 10.1. The minimum Gasteiger partial charge on any atom is -0.378 e. The first-order valence-corrected chi connectivity index (χ1v) is 6.48. The number of para-hydroxylation sites is 1. The number of hydrogen-bond acceptors (Lipinski definition) is 3. The van der Waals surface area contributed by atoms with Crippen LogP contribution in [0, 0.1) is 0 Å². The van der Waals surface area contributed by atoms with Crippen molar-refractivity contribution < 1.29 is 0 Å². The molecule has 0 aliphatic carbocycles. The molecule has 1 N–H and O–H groups in total. The van der Waals surface area contributed by atoms with E-state index in [9.17, 15) is 0 Å². The summed E-state index contributed by atoms with van der Waals surface area (Å²) in [6.07, 6.45) is 0. The molecular weight excluding hydrogens is 258 g/mol. The lowest BCUT2D eigenvalue weighted by molar-refractivity contribution is 1.09. The lowest BCUT2D eigenvalue weighted by atomic mass is 10.2. The van der Waals surface area contributed by atoms with Crippen LogP contribution in [-0.2, 0) is 0 Å². The maximum absolute atomic E-state index is 6.16. The molecule has 0 atom stereocenters. The lowest BCUT2D eigenvalue weighted by Gasteiger charge is -2.23. The van der Waals surface area contributed by atoms with Gasteiger partial charge in [0.25, 0.3) is 0 Å². The molecule has 4 heteroatoms. The van der Waals surface area contributed by atoms with E-state index in [0.29, 0.717) is 0 Å². The molecule has 2 rings (SSSR count). The zero-order chi connectivity index (χ0) is 13.8. The van der Waals surface area contributed by atoms with Gasteiger partial charge in [-0.05, 0) is 36.4 Å². The van der Waals surface area contributed by atoms with Gasteiger partial charge in [-0.2, -0.15) is 0 Å². The quantitative estimate of drug-likeness (QED) is 0.855. The van der Waals surface area contributed by atoms with Crippen molar-refractivity contribution >= 4 is 28.7 Å². The van der Waals surface area contributed by atoms with Gasteiger partial charge in [0.1, 0.15) is 0 Å². The zero-order valence-corrected chi connectivity index (χ0v) is 12.1. The fraction of sp³-hybridized carbons (Fsp3) is 0.200. The van der Waals surface area contributed by atoms with Crippen LogP contribution in [0.25, 0.3) is 0 Å². The first-order chi connectivity index (χ1) is 9.08. The minimum atomic E-state index is 0.724. The summed E-state index contributed by atoms with van der Waals surface area (Å²) in [6.45, 7) is 0. The van der Waals surface area contributed by atoms with Gasteiger partial charge in [-0.25, -0.2) is 0 Å². The molecule has 3 nitrogen and oxygen atoms in total. The molecule has 2 aromatic rings. The van der Waals surface area contributed by atoms with Gasteiger partial charge in [0.15, 0.2) is 0 Å². The summed E-state index contributed by atoms with van der Waals surface area (Å²) in [6, 6.07) is 16.0. The maximum Gasteiger partial charge on any atom is 0.0754 e. The standard InChI is InChI=1S/C15H18ClN3/c1-18(2)13-10-8-12(9-11-13)17-19(3)15-7-5-4-6-14(15)16/h4-11,17H,1-3H3. The lowest BCUT2D eigenvalue weighted by Crippen LogP contribution is -2.24. The van der Waals surface area contributed by atoms with Crippen molar-refractivity contribution in [3.63, 3.8) is 0 Å². The Morgan fingerprint density at radius 2 is 1.53 bits per heavy atom. The van der Waals surface area contributed by atoms with Gasteiger partial charge in [-0.1, -0.05) is 23.7 Å². The van der Waals surface area contributed by atoms with Crippen molar-refractivity contribution in [3.8, 4) is 0 Å². The van der Waals surface area contributed by atoms with Gasteiger partial charge in [0, 0.05) is 26.8 Å². The highest BCUT2D eigenvalue weighted by Gasteiger charge is 2.05. The zero-order valence-electron chi connectivity index (χ0n) is 11.4. The molecule has 0 saturated heterocycles. The Morgan fingerprint density at radius 1 is 0.895 bits per heavy atom. The van der Waals surface area contributed by atoms with Crippen molar-refractivity contribution in [2.45, 2.75) is 0 Å². The van der Waals surface area contributed by atoms with Crippen LogP contribution in [0.2, 0.25) is 5.02 Å². The fourth-order valence-corrected chi connectivity index (χ4v) is 2.07. The van der Waals surface area contributed by atoms with E-state index in [2.05, 4.69) is 22.5 Å². The Labute approximate surface area is 119 Å². The second kappa shape index (κ2) is 5.85. The summed E-state index contributed by atoms with van der Waals surface area (Å²) < 4.78 is 0. The summed E-state index contributed by atoms with van der Waals surface area (Å²) >= 11 is 6.16. The van der Waals surface area contributed by atoms with Crippen molar-refractivity contribution in [2.75, 3.05) is 36.5 Å². The highest BCUT2D eigenvalue weighted by Crippen LogP contribution is 2.25. The monoisotopic (exact) mass is 275 g/mol. The predicted octanol–water partition coefficient (Wildman–Crippen LogP) is 3.87. The molecular formula is C15H18ClN3. The predicted molar refractivity (Wildman–Crippen MR) is 84.2 cm³/mol. The molecule has 0 bridgehead atoms. The molecule has 19 heavy (non-hydrogen) atoms. The van der Waals surface area contributed by atoms with Crippen LogP contribution in [0.5, 0.6) is 0 Å². The molecule has 0 saturated carbocycles. The van der Waals surface area contributed by atoms with Crippen LogP contribution in [0.15, 0.2) is 48.5 Å². The van der Waals surface area contributed by atoms with Crippen LogP contribution < -0.4 is 15.3 Å². The summed E-state index contributed by atoms with van der Waals surface area (Å²) in [4.78, 5) is 2.07. The molecule has 0 unspecified atom stereocenters. The second-order valence-electron chi connectivity index (χ2n) is 4.56. The average Bonchev–Trinajstić information content (AvgIpc) is 2.39. The van der Waals surface area contributed by atoms with Crippen molar-refractivity contribution in [2.24, 2.45) is 0 Å². The van der Waals surface area contributed by atoms with Gasteiger partial charge < -0.3 is 4.90 Å². The number of hydrogen-bond donors (Lipinski definition) is 1. The van der Waals surface area contributed by atoms with Crippen molar-refractivity contribution in [1.29, 1.82) is 0 Å². The number of nitrogens with one attached hydrogen (secondary N) is 1. The summed E-state index contributed by atoms with van der Waals surface area (Å²) in [7, 11) is 6.00. The third kappa shape index (κ3) is 3.32. The number of halogens is 1. The van der Waals surface area contributed by atoms with Gasteiger partial charge in [0.2, 0.25) is 0 Å². The highest BCUT2D eigenvalue weighted by molar-refractivity contribution is 6.33. The molecule has 0 aliphatic rings. The van der Waals surface area contributed by atoms with E-state index >= 15 is 0 Å². The molecule has 0 amide bonds. The van der Waals surface area contributed by atoms with Gasteiger partial charge in [-0.3, -0.25) is 10.4 Å².